The second kappa shape index (κ2) is 50.6. The SMILES string of the molecule is CC/C=C\C/C=C\C/C=C\C/C=C\C/C=C\C/C=C\C/C=C\C/C=C\C/C=C\C/C=C\C/C=C\CCCCCCCC(=O)NC(COP(=O)(O)OCC[N+](C)(C)C)C(O)CCCCCCCCCCC. The summed E-state index contributed by atoms with van der Waals surface area (Å²) in [4.78, 5) is 23.2. The van der Waals surface area contributed by atoms with Gasteiger partial charge in [-0.05, 0) is 96.3 Å². The molecule has 0 aliphatic heterocycles. The Bertz CT molecular complexity index is 1590. The van der Waals surface area contributed by atoms with Crippen molar-refractivity contribution in [1.82, 2.24) is 5.32 Å². The summed E-state index contributed by atoms with van der Waals surface area (Å²) in [5.74, 6) is -0.172. The Balaban J connectivity index is 4.11. The zero-order chi connectivity index (χ0) is 51.3. The number of phosphoric acid groups is 1. The Kier molecular flexibility index (Phi) is 48.1. The van der Waals surface area contributed by atoms with Crippen molar-refractivity contribution in [2.75, 3.05) is 40.9 Å². The number of nitrogens with one attached hydrogen (secondary N) is 1. The number of carbonyl (C=O) groups excluding carboxylic acids is 1. The molecule has 0 rings (SSSR count). The predicted octanol–water partition coefficient (Wildman–Crippen LogP) is 16.8. The first-order valence-electron chi connectivity index (χ1n) is 27.5. The van der Waals surface area contributed by atoms with Crippen LogP contribution in [0.5, 0.6) is 0 Å². The molecule has 0 heterocycles. The van der Waals surface area contributed by atoms with Crippen molar-refractivity contribution in [3.05, 3.63) is 134 Å². The highest BCUT2D eigenvalue weighted by molar-refractivity contribution is 7.47. The van der Waals surface area contributed by atoms with E-state index in [1.807, 2.05) is 21.1 Å². The molecule has 0 radical (unpaired) electrons. The van der Waals surface area contributed by atoms with E-state index in [9.17, 15) is 19.4 Å². The number of hydrogen-bond acceptors (Lipinski definition) is 5. The Morgan fingerprint density at radius 3 is 1.26 bits per heavy atom. The minimum atomic E-state index is -4.33. The van der Waals surface area contributed by atoms with Gasteiger partial charge in [0.1, 0.15) is 13.2 Å². The van der Waals surface area contributed by atoms with Gasteiger partial charge in [-0.25, -0.2) is 4.57 Å². The summed E-state index contributed by atoms with van der Waals surface area (Å²) in [5.41, 5.74) is 0. The molecule has 3 N–H and O–H groups in total. The van der Waals surface area contributed by atoms with E-state index in [4.69, 9.17) is 9.05 Å². The highest BCUT2D eigenvalue weighted by Crippen LogP contribution is 2.43. The van der Waals surface area contributed by atoms with Crippen molar-refractivity contribution in [2.45, 2.75) is 206 Å². The molecule has 0 fully saturated rings. The van der Waals surface area contributed by atoms with Crippen molar-refractivity contribution in [2.24, 2.45) is 0 Å². The molecule has 3 atom stereocenters. The number of nitrogens with zero attached hydrogens (tertiary/aromatic N) is 1. The molecule has 3 unspecified atom stereocenters. The molecular formula is C61H104N2O6P+. The molecule has 0 aliphatic carbocycles. The molecule has 0 aromatic carbocycles. The van der Waals surface area contributed by atoms with Gasteiger partial charge in [-0.15, -0.1) is 0 Å². The van der Waals surface area contributed by atoms with Gasteiger partial charge in [0, 0.05) is 6.42 Å². The smallest absolute Gasteiger partial charge is 0.391 e. The number of rotatable bonds is 48. The first-order valence-corrected chi connectivity index (χ1v) is 29.0. The molecule has 0 saturated heterocycles. The lowest BCUT2D eigenvalue weighted by Gasteiger charge is -2.26. The van der Waals surface area contributed by atoms with Crippen molar-refractivity contribution in [1.29, 1.82) is 0 Å². The number of phosphoric ester groups is 1. The van der Waals surface area contributed by atoms with Crippen LogP contribution in [0.3, 0.4) is 0 Å². The van der Waals surface area contributed by atoms with Crippen LogP contribution >= 0.6 is 7.82 Å². The van der Waals surface area contributed by atoms with Crippen LogP contribution in [0, 0.1) is 0 Å². The maximum absolute atomic E-state index is 12.9. The molecule has 1 amide bonds. The molecule has 8 nitrogen and oxygen atoms in total. The second-order valence-corrected chi connectivity index (χ2v) is 20.7. The van der Waals surface area contributed by atoms with Crippen LogP contribution in [-0.2, 0) is 18.4 Å². The average molecular weight is 992 g/mol. The number of aliphatic hydroxyl groups is 1. The van der Waals surface area contributed by atoms with Gasteiger partial charge >= 0.3 is 7.82 Å². The van der Waals surface area contributed by atoms with Crippen LogP contribution in [0.2, 0.25) is 0 Å². The van der Waals surface area contributed by atoms with E-state index in [1.165, 1.54) is 38.5 Å². The summed E-state index contributed by atoms with van der Waals surface area (Å²) >= 11 is 0. The van der Waals surface area contributed by atoms with Crippen LogP contribution in [0.4, 0.5) is 0 Å². The zero-order valence-electron chi connectivity index (χ0n) is 45.2. The summed E-state index contributed by atoms with van der Waals surface area (Å²) in [7, 11) is 1.58. The number of aliphatic hydroxyl groups excluding tert-OH is 1. The maximum atomic E-state index is 12.9. The summed E-state index contributed by atoms with van der Waals surface area (Å²) in [6.07, 6.45) is 76.6. The van der Waals surface area contributed by atoms with E-state index >= 15 is 0 Å². The Labute approximate surface area is 430 Å². The van der Waals surface area contributed by atoms with E-state index in [1.54, 1.807) is 0 Å². The fraction of sp³-hybridized carbons (Fsp3) is 0.623. The largest absolute Gasteiger partial charge is 0.472 e. The zero-order valence-corrected chi connectivity index (χ0v) is 46.1. The van der Waals surface area contributed by atoms with E-state index in [2.05, 4.69) is 153 Å². The summed E-state index contributed by atoms with van der Waals surface area (Å²) < 4.78 is 23.6. The normalized spacial score (nSPS) is 15.0. The standard InChI is InChI=1S/C61H103N2O6P/c1-6-8-10-12-14-16-17-18-19-20-21-22-23-24-25-26-27-28-29-30-31-32-33-34-35-36-37-38-39-40-41-42-43-44-45-47-49-51-53-55-61(65)62-59(58-69-70(66,67)68-57-56-63(3,4)5)60(64)54-52-50-48-46-15-13-11-9-7-2/h8,10,14,16,18-19,21-22,24-25,27-28,30-31,33-34,36-37,39-40,42-43,59-60,64H,6-7,9,11-13,15,17,20,23,26,29,32,35,38,41,44-58H2,1-5H3,(H-,62,65,66,67)/p+1/b10-8-,16-14-,19-18-,22-21-,25-24-,28-27-,31-30-,34-33-,37-36-,40-39-,43-42-. The van der Waals surface area contributed by atoms with Gasteiger partial charge in [-0.1, -0.05) is 225 Å². The number of quaternary nitrogens is 1. The number of likely N-dealkylation sites (N-methyl/N-ethyl adjacent to an activating group) is 1. The van der Waals surface area contributed by atoms with Crippen LogP contribution in [0.25, 0.3) is 0 Å². The highest BCUT2D eigenvalue weighted by Gasteiger charge is 2.28. The minimum absolute atomic E-state index is 0.0632. The molecule has 0 aliphatic rings. The van der Waals surface area contributed by atoms with Gasteiger partial charge in [0.15, 0.2) is 0 Å². The van der Waals surface area contributed by atoms with Crippen molar-refractivity contribution >= 4 is 13.7 Å². The first kappa shape index (κ1) is 66.6. The molecule has 0 bridgehead atoms. The van der Waals surface area contributed by atoms with Crippen molar-refractivity contribution in [3.63, 3.8) is 0 Å². The lowest BCUT2D eigenvalue weighted by molar-refractivity contribution is -0.870. The molecule has 398 valence electrons. The van der Waals surface area contributed by atoms with Gasteiger partial charge in [-0.2, -0.15) is 0 Å². The topological polar surface area (TPSA) is 105 Å². The molecule has 0 saturated carbocycles. The number of carbonyl (C=O) groups is 1. The molecular weight excluding hydrogens is 888 g/mol. The van der Waals surface area contributed by atoms with Crippen LogP contribution < -0.4 is 5.32 Å². The van der Waals surface area contributed by atoms with E-state index < -0.39 is 20.0 Å². The lowest BCUT2D eigenvalue weighted by atomic mass is 10.0. The minimum Gasteiger partial charge on any atom is -0.391 e. The fourth-order valence-electron chi connectivity index (χ4n) is 7.11. The Morgan fingerprint density at radius 1 is 0.500 bits per heavy atom. The quantitative estimate of drug-likeness (QED) is 0.0243. The monoisotopic (exact) mass is 992 g/mol. The van der Waals surface area contributed by atoms with E-state index in [-0.39, 0.29) is 19.1 Å². The maximum Gasteiger partial charge on any atom is 0.472 e. The first-order chi connectivity index (χ1) is 34.0. The van der Waals surface area contributed by atoms with Gasteiger partial charge < -0.3 is 19.8 Å². The van der Waals surface area contributed by atoms with E-state index in [0.717, 1.165) is 128 Å². The predicted molar refractivity (Wildman–Crippen MR) is 304 cm³/mol. The van der Waals surface area contributed by atoms with Gasteiger partial charge in [-0.3, -0.25) is 13.8 Å². The van der Waals surface area contributed by atoms with Crippen molar-refractivity contribution in [3.8, 4) is 0 Å². The summed E-state index contributed by atoms with van der Waals surface area (Å²) in [5, 5.41) is 13.9. The number of unbranched alkanes of at least 4 members (excludes halogenated alkanes) is 13. The van der Waals surface area contributed by atoms with Crippen LogP contribution in [0.15, 0.2) is 134 Å². The summed E-state index contributed by atoms with van der Waals surface area (Å²) in [6, 6.07) is -0.778. The fourth-order valence-corrected chi connectivity index (χ4v) is 7.84. The van der Waals surface area contributed by atoms with Crippen molar-refractivity contribution < 1.29 is 32.9 Å². The van der Waals surface area contributed by atoms with E-state index in [0.29, 0.717) is 23.9 Å². The number of allylic oxidation sites excluding steroid dienone is 22. The van der Waals surface area contributed by atoms with Gasteiger partial charge in [0.2, 0.25) is 5.91 Å². The molecule has 70 heavy (non-hydrogen) atoms. The molecule has 0 aromatic rings. The molecule has 0 aromatic heterocycles. The Morgan fingerprint density at radius 2 is 0.857 bits per heavy atom. The highest BCUT2D eigenvalue weighted by atomic mass is 31.2. The third kappa shape index (κ3) is 52.5. The average Bonchev–Trinajstić information content (AvgIpc) is 3.32. The number of hydrogen-bond donors (Lipinski definition) is 3. The molecule has 0 spiro atoms. The molecule has 9 heteroatoms. The lowest BCUT2D eigenvalue weighted by Crippen LogP contribution is -2.46. The van der Waals surface area contributed by atoms with Crippen LogP contribution in [-0.4, -0.2) is 73.4 Å². The summed E-state index contributed by atoms with van der Waals surface area (Å²) in [6.45, 7) is 4.70. The van der Waals surface area contributed by atoms with Crippen LogP contribution in [0.1, 0.15) is 194 Å². The second-order valence-electron chi connectivity index (χ2n) is 19.2. The Hall–Kier alpha value is -3.36. The third-order valence-electron chi connectivity index (χ3n) is 11.4. The van der Waals surface area contributed by atoms with Gasteiger partial charge in [0.05, 0.1) is 39.9 Å². The third-order valence-corrected chi connectivity index (χ3v) is 12.4. The van der Waals surface area contributed by atoms with Gasteiger partial charge in [0.25, 0.3) is 0 Å². The number of amides is 1.